The van der Waals surface area contributed by atoms with Gasteiger partial charge in [0.05, 0.1) is 0 Å². The lowest BCUT2D eigenvalue weighted by Gasteiger charge is -2.22. The monoisotopic (exact) mass is 319 g/mol. The van der Waals surface area contributed by atoms with Crippen molar-refractivity contribution in [1.82, 2.24) is 19.9 Å². The Bertz CT molecular complexity index is 794. The maximum Gasteiger partial charge on any atom is 0.275 e. The van der Waals surface area contributed by atoms with E-state index in [1.807, 2.05) is 4.90 Å². The van der Waals surface area contributed by atoms with Gasteiger partial charge in [0.15, 0.2) is 0 Å². The fraction of sp³-hybridized carbons (Fsp3) is 0.571. The van der Waals surface area contributed by atoms with E-state index in [0.29, 0.717) is 21.8 Å². The van der Waals surface area contributed by atoms with Crippen LogP contribution in [0.15, 0.2) is 10.9 Å². The lowest BCUT2D eigenvalue weighted by atomic mass is 10.2. The lowest BCUT2D eigenvalue weighted by molar-refractivity contribution is -0.122. The summed E-state index contributed by atoms with van der Waals surface area (Å²) in [5.74, 6) is 0.0794. The number of anilines is 1. The van der Waals surface area contributed by atoms with Crippen molar-refractivity contribution in [3.05, 3.63) is 22.1 Å². The number of carbonyl (C=O) groups excluding carboxylic acids is 1. The molecule has 8 heteroatoms. The molecule has 1 saturated carbocycles. The van der Waals surface area contributed by atoms with Gasteiger partial charge in [-0.25, -0.2) is 4.98 Å². The SMILES string of the molecule is Cc1cc(=O)n2nc(N3CCC[C@H]3C(=O)NC3CC3)sc2n1. The number of amides is 1. The first kappa shape index (κ1) is 13.7. The predicted molar refractivity (Wildman–Crippen MR) is 83.4 cm³/mol. The molecule has 0 spiro atoms. The predicted octanol–water partition coefficient (Wildman–Crippen LogP) is 0.707. The third-order valence-electron chi connectivity index (χ3n) is 4.09. The number of aryl methyl sites for hydroxylation is 1. The Morgan fingerprint density at radius 1 is 1.41 bits per heavy atom. The highest BCUT2D eigenvalue weighted by Gasteiger charge is 2.35. The topological polar surface area (TPSA) is 79.6 Å². The first-order chi connectivity index (χ1) is 10.6. The number of hydrogen-bond donors (Lipinski definition) is 1. The molecule has 0 aromatic carbocycles. The van der Waals surface area contributed by atoms with Crippen molar-refractivity contribution in [2.45, 2.75) is 44.7 Å². The van der Waals surface area contributed by atoms with E-state index in [9.17, 15) is 9.59 Å². The maximum atomic E-state index is 12.4. The highest BCUT2D eigenvalue weighted by atomic mass is 32.1. The molecule has 3 heterocycles. The molecule has 1 N–H and O–H groups in total. The molecule has 4 rings (SSSR count). The Morgan fingerprint density at radius 3 is 3.00 bits per heavy atom. The molecular weight excluding hydrogens is 302 g/mol. The Labute approximate surface area is 131 Å². The number of fused-ring (bicyclic) bond motifs is 1. The number of rotatable bonds is 3. The van der Waals surface area contributed by atoms with E-state index in [2.05, 4.69) is 15.4 Å². The van der Waals surface area contributed by atoms with Gasteiger partial charge in [0.1, 0.15) is 6.04 Å². The van der Waals surface area contributed by atoms with Crippen molar-refractivity contribution in [3.63, 3.8) is 0 Å². The second kappa shape index (κ2) is 5.05. The van der Waals surface area contributed by atoms with Gasteiger partial charge in [0, 0.05) is 24.3 Å². The van der Waals surface area contributed by atoms with Crippen molar-refractivity contribution in [1.29, 1.82) is 0 Å². The van der Waals surface area contributed by atoms with Gasteiger partial charge in [-0.2, -0.15) is 4.52 Å². The van der Waals surface area contributed by atoms with E-state index in [-0.39, 0.29) is 17.5 Å². The molecule has 2 fully saturated rings. The molecule has 116 valence electrons. The molecule has 1 amide bonds. The summed E-state index contributed by atoms with van der Waals surface area (Å²) in [6, 6.07) is 1.65. The zero-order valence-electron chi connectivity index (χ0n) is 12.3. The maximum absolute atomic E-state index is 12.4. The van der Waals surface area contributed by atoms with Crippen LogP contribution in [0.2, 0.25) is 0 Å². The van der Waals surface area contributed by atoms with Crippen LogP contribution in [0.25, 0.3) is 4.96 Å². The largest absolute Gasteiger partial charge is 0.352 e. The van der Waals surface area contributed by atoms with E-state index in [1.54, 1.807) is 6.92 Å². The van der Waals surface area contributed by atoms with Crippen LogP contribution in [-0.4, -0.2) is 39.1 Å². The van der Waals surface area contributed by atoms with Gasteiger partial charge in [-0.15, -0.1) is 5.10 Å². The van der Waals surface area contributed by atoms with Gasteiger partial charge < -0.3 is 10.2 Å². The van der Waals surface area contributed by atoms with Crippen LogP contribution in [0.3, 0.4) is 0 Å². The number of carbonyl (C=O) groups is 1. The van der Waals surface area contributed by atoms with Crippen molar-refractivity contribution in [2.75, 3.05) is 11.4 Å². The number of aromatic nitrogens is 3. The first-order valence-corrected chi connectivity index (χ1v) is 8.38. The summed E-state index contributed by atoms with van der Waals surface area (Å²) >= 11 is 1.37. The third kappa shape index (κ3) is 2.37. The number of hydrogen-bond acceptors (Lipinski definition) is 6. The van der Waals surface area contributed by atoms with Crippen LogP contribution < -0.4 is 15.8 Å². The fourth-order valence-corrected chi connectivity index (χ4v) is 3.85. The molecule has 2 aliphatic rings. The molecule has 0 bridgehead atoms. The van der Waals surface area contributed by atoms with Gasteiger partial charge >= 0.3 is 0 Å². The van der Waals surface area contributed by atoms with E-state index in [0.717, 1.165) is 32.2 Å². The van der Waals surface area contributed by atoms with E-state index in [1.165, 1.54) is 21.9 Å². The van der Waals surface area contributed by atoms with Gasteiger partial charge in [-0.3, -0.25) is 9.59 Å². The lowest BCUT2D eigenvalue weighted by Crippen LogP contribution is -2.44. The smallest absolute Gasteiger partial charge is 0.275 e. The molecule has 2 aromatic heterocycles. The standard InChI is InChI=1S/C14H17N5O2S/c1-8-7-11(20)19-13(15-8)22-14(17-19)18-6-2-3-10(18)12(21)16-9-4-5-9/h7,9-10H,2-6H2,1H3,(H,16,21)/t10-/m0/s1. The number of nitrogens with one attached hydrogen (secondary N) is 1. The Balaban J connectivity index is 1.66. The minimum absolute atomic E-state index is 0.0794. The van der Waals surface area contributed by atoms with Crippen molar-refractivity contribution >= 4 is 27.3 Å². The second-order valence-electron chi connectivity index (χ2n) is 5.95. The van der Waals surface area contributed by atoms with Gasteiger partial charge in [-0.1, -0.05) is 11.3 Å². The average Bonchev–Trinajstić information content (AvgIpc) is 3.00. The van der Waals surface area contributed by atoms with Crippen LogP contribution in [0.4, 0.5) is 5.13 Å². The normalized spacial score (nSPS) is 21.5. The molecule has 1 atom stereocenters. The van der Waals surface area contributed by atoms with E-state index in [4.69, 9.17) is 0 Å². The van der Waals surface area contributed by atoms with Gasteiger partial charge in [0.25, 0.3) is 5.56 Å². The summed E-state index contributed by atoms with van der Waals surface area (Å²) in [5, 5.41) is 8.13. The quantitative estimate of drug-likeness (QED) is 0.901. The van der Waals surface area contributed by atoms with Crippen LogP contribution in [-0.2, 0) is 4.79 Å². The summed E-state index contributed by atoms with van der Waals surface area (Å²) in [7, 11) is 0. The zero-order valence-corrected chi connectivity index (χ0v) is 13.1. The highest BCUT2D eigenvalue weighted by molar-refractivity contribution is 7.20. The highest BCUT2D eigenvalue weighted by Crippen LogP contribution is 2.30. The Hall–Kier alpha value is -1.96. The fourth-order valence-electron chi connectivity index (χ4n) is 2.82. The third-order valence-corrected chi connectivity index (χ3v) is 5.03. The summed E-state index contributed by atoms with van der Waals surface area (Å²) in [6.45, 7) is 2.58. The molecule has 0 unspecified atom stereocenters. The van der Waals surface area contributed by atoms with Crippen molar-refractivity contribution in [2.24, 2.45) is 0 Å². The average molecular weight is 319 g/mol. The van der Waals surface area contributed by atoms with Gasteiger partial charge in [0.2, 0.25) is 16.0 Å². The van der Waals surface area contributed by atoms with Gasteiger partial charge in [-0.05, 0) is 32.6 Å². The number of nitrogens with zero attached hydrogens (tertiary/aromatic N) is 4. The van der Waals surface area contributed by atoms with Crippen molar-refractivity contribution < 1.29 is 4.79 Å². The molecule has 0 radical (unpaired) electrons. The van der Waals surface area contributed by atoms with Crippen molar-refractivity contribution in [3.8, 4) is 0 Å². The summed E-state index contributed by atoms with van der Waals surface area (Å²) in [5.41, 5.74) is 0.507. The van der Waals surface area contributed by atoms with Crippen LogP contribution in [0, 0.1) is 6.92 Å². The molecule has 1 aliphatic heterocycles. The molecule has 7 nitrogen and oxygen atoms in total. The van der Waals surface area contributed by atoms with E-state index >= 15 is 0 Å². The summed E-state index contributed by atoms with van der Waals surface area (Å²) in [4.78, 5) is 31.3. The summed E-state index contributed by atoms with van der Waals surface area (Å²) in [6.07, 6.45) is 3.95. The van der Waals surface area contributed by atoms with Crippen LogP contribution in [0.1, 0.15) is 31.4 Å². The first-order valence-electron chi connectivity index (χ1n) is 7.56. The second-order valence-corrected chi connectivity index (χ2v) is 6.88. The van der Waals surface area contributed by atoms with E-state index < -0.39 is 0 Å². The minimum Gasteiger partial charge on any atom is -0.352 e. The Morgan fingerprint density at radius 2 is 2.23 bits per heavy atom. The molecule has 22 heavy (non-hydrogen) atoms. The zero-order chi connectivity index (χ0) is 15.3. The van der Waals surface area contributed by atoms with Crippen LogP contribution in [0.5, 0.6) is 0 Å². The van der Waals surface area contributed by atoms with Crippen LogP contribution >= 0.6 is 11.3 Å². The molecule has 1 aliphatic carbocycles. The Kier molecular flexibility index (Phi) is 3.14. The summed E-state index contributed by atoms with van der Waals surface area (Å²) < 4.78 is 1.32. The molecular formula is C14H17N5O2S. The molecule has 2 aromatic rings. The molecule has 1 saturated heterocycles. The minimum atomic E-state index is -0.182.